The van der Waals surface area contributed by atoms with E-state index in [9.17, 15) is 9.59 Å². The molecule has 14 heteroatoms. The van der Waals surface area contributed by atoms with Crippen molar-refractivity contribution in [2.45, 2.75) is 37.8 Å². The van der Waals surface area contributed by atoms with E-state index < -0.39 is 17.1 Å². The molecule has 3 aromatic heterocycles. The number of hydrogen-bond acceptors (Lipinski definition) is 9. The third kappa shape index (κ3) is 6.74. The zero-order chi connectivity index (χ0) is 30.1. The van der Waals surface area contributed by atoms with Crippen LogP contribution < -0.4 is 10.6 Å². The second kappa shape index (κ2) is 12.8. The predicted molar refractivity (Wildman–Crippen MR) is 172 cm³/mol. The van der Waals surface area contributed by atoms with Crippen LogP contribution in [0.4, 0.5) is 10.7 Å². The summed E-state index contributed by atoms with van der Waals surface area (Å²) in [7, 11) is 7.95. The smallest absolute Gasteiger partial charge is 0.325 e. The van der Waals surface area contributed by atoms with Gasteiger partial charge in [-0.25, -0.2) is 14.8 Å². The number of carbonyl (C=O) groups excluding carboxylic acids is 2. The summed E-state index contributed by atoms with van der Waals surface area (Å²) in [6.07, 6.45) is 3.01. The highest BCUT2D eigenvalue weighted by atomic mass is 79.9. The van der Waals surface area contributed by atoms with Crippen molar-refractivity contribution in [1.82, 2.24) is 30.0 Å². The van der Waals surface area contributed by atoms with Gasteiger partial charge >= 0.3 is 6.03 Å². The summed E-state index contributed by atoms with van der Waals surface area (Å²) in [6.45, 7) is 5.27. The van der Waals surface area contributed by atoms with Crippen molar-refractivity contribution in [3.63, 3.8) is 0 Å². The van der Waals surface area contributed by atoms with Gasteiger partial charge in [0, 0.05) is 31.4 Å². The number of rotatable bonds is 12. The average molecular weight is 704 g/mol. The third-order valence-corrected chi connectivity index (χ3v) is 10.2. The Labute approximate surface area is 267 Å². The van der Waals surface area contributed by atoms with Crippen LogP contribution in [0.5, 0.6) is 0 Å². The number of aromatic nitrogens is 2. The molecule has 1 atom stereocenters. The fourth-order valence-electron chi connectivity index (χ4n) is 5.19. The first-order valence-corrected chi connectivity index (χ1v) is 16.2. The molecule has 1 aliphatic rings. The molecular weight excluding hydrogens is 669 g/mol. The van der Waals surface area contributed by atoms with Crippen LogP contribution >= 0.6 is 61.8 Å². The largest absolute Gasteiger partial charge is 0.354 e. The minimum Gasteiger partial charge on any atom is -0.354 e. The second-order valence-corrected chi connectivity index (χ2v) is 15.1. The van der Waals surface area contributed by atoms with Crippen molar-refractivity contribution in [1.29, 1.82) is 0 Å². The molecule has 41 heavy (non-hydrogen) atoms. The molecule has 1 unspecified atom stereocenters. The van der Waals surface area contributed by atoms with E-state index in [4.69, 9.17) is 28.2 Å². The highest BCUT2D eigenvalue weighted by Crippen LogP contribution is 2.45. The molecule has 1 saturated heterocycles. The lowest BCUT2D eigenvalue weighted by atomic mass is 9.82. The molecule has 4 rings (SSSR count). The van der Waals surface area contributed by atoms with E-state index in [1.807, 2.05) is 44.5 Å². The molecule has 0 bridgehead atoms. The fourth-order valence-corrected chi connectivity index (χ4v) is 8.16. The van der Waals surface area contributed by atoms with E-state index >= 15 is 0 Å². The Morgan fingerprint density at radius 2 is 1.90 bits per heavy atom. The number of amides is 3. The monoisotopic (exact) mass is 701 g/mol. The number of thiophene rings is 2. The van der Waals surface area contributed by atoms with Crippen molar-refractivity contribution in [3.8, 4) is 10.6 Å². The van der Waals surface area contributed by atoms with Crippen molar-refractivity contribution in [3.05, 3.63) is 48.0 Å². The maximum atomic E-state index is 13.3. The number of likely N-dealkylation sites (N-methyl/N-ethyl adjacent to an activating group) is 2. The van der Waals surface area contributed by atoms with Crippen LogP contribution in [0.2, 0.25) is 8.67 Å². The van der Waals surface area contributed by atoms with Gasteiger partial charge in [-0.05, 0) is 93.9 Å². The molecule has 0 aliphatic carbocycles. The van der Waals surface area contributed by atoms with Gasteiger partial charge in [0.1, 0.15) is 11.2 Å². The lowest BCUT2D eigenvalue weighted by Gasteiger charge is -2.48. The van der Waals surface area contributed by atoms with E-state index in [0.717, 1.165) is 43.5 Å². The third-order valence-electron chi connectivity index (χ3n) is 7.05. The van der Waals surface area contributed by atoms with E-state index in [-0.39, 0.29) is 5.91 Å². The van der Waals surface area contributed by atoms with Gasteiger partial charge in [-0.1, -0.05) is 23.2 Å². The molecule has 2 N–H and O–H groups in total. The van der Waals surface area contributed by atoms with E-state index in [2.05, 4.69) is 42.5 Å². The van der Waals surface area contributed by atoms with Gasteiger partial charge in [-0.15, -0.1) is 22.7 Å². The van der Waals surface area contributed by atoms with Gasteiger partial charge in [0.2, 0.25) is 5.95 Å². The molecular formula is C27H34BrCl2N7O2S2. The zero-order valence-electron chi connectivity index (χ0n) is 23.8. The summed E-state index contributed by atoms with van der Waals surface area (Å²) in [5, 5.41) is 7.76. The van der Waals surface area contributed by atoms with Gasteiger partial charge in [0.25, 0.3) is 5.91 Å². The number of anilines is 1. The van der Waals surface area contributed by atoms with Crippen LogP contribution in [0.1, 0.15) is 31.4 Å². The highest BCUT2D eigenvalue weighted by molar-refractivity contribution is 9.10. The standard InChI is InChI=1S/C27H34BrCl2N7O2S2/c1-26(2)23(38)34-25(39)37(26)27(15-36(5)6,17-8-12-40-22(17)30)9-10-31-24-32-14-18(28)20(33-24)19-13-16(21(29)41-19)7-11-35(3)4/h8,12-14H,7,9-11,15H2,1-6H3,(H,31,32,33)(H,34,38,39). The molecule has 9 nitrogen and oxygen atoms in total. The summed E-state index contributed by atoms with van der Waals surface area (Å²) in [5.74, 6) is 0.101. The molecule has 3 aromatic rings. The van der Waals surface area contributed by atoms with E-state index in [1.165, 1.54) is 22.7 Å². The van der Waals surface area contributed by atoms with E-state index in [0.29, 0.717) is 29.8 Å². The minimum absolute atomic E-state index is 0.342. The quantitative estimate of drug-likeness (QED) is 0.223. The highest BCUT2D eigenvalue weighted by Gasteiger charge is 2.56. The summed E-state index contributed by atoms with van der Waals surface area (Å²) >= 11 is 19.8. The topological polar surface area (TPSA) is 93.7 Å². The van der Waals surface area contributed by atoms with Crippen LogP contribution in [-0.2, 0) is 16.8 Å². The fraction of sp³-hybridized carbons (Fsp3) is 0.481. The van der Waals surface area contributed by atoms with Crippen LogP contribution in [0.3, 0.4) is 0 Å². The lowest BCUT2D eigenvalue weighted by Crippen LogP contribution is -2.60. The number of imide groups is 1. The zero-order valence-corrected chi connectivity index (χ0v) is 28.6. The Morgan fingerprint density at radius 3 is 2.49 bits per heavy atom. The maximum Gasteiger partial charge on any atom is 0.325 e. The number of nitrogens with one attached hydrogen (secondary N) is 2. The Kier molecular flexibility index (Phi) is 10.0. The molecule has 1 fully saturated rings. The van der Waals surface area contributed by atoms with Crippen molar-refractivity contribution in [2.24, 2.45) is 0 Å². The van der Waals surface area contributed by atoms with Crippen LogP contribution in [0.25, 0.3) is 10.6 Å². The van der Waals surface area contributed by atoms with E-state index in [1.54, 1.807) is 24.9 Å². The summed E-state index contributed by atoms with van der Waals surface area (Å²) in [4.78, 5) is 42.1. The molecule has 0 spiro atoms. The van der Waals surface area contributed by atoms with Gasteiger partial charge in [0.05, 0.1) is 23.6 Å². The normalized spacial score (nSPS) is 16.5. The minimum atomic E-state index is -1.08. The maximum absolute atomic E-state index is 13.3. The summed E-state index contributed by atoms with van der Waals surface area (Å²) in [6, 6.07) is 3.58. The summed E-state index contributed by atoms with van der Waals surface area (Å²) < 4.78 is 2.10. The van der Waals surface area contributed by atoms with Gasteiger partial charge < -0.3 is 15.1 Å². The lowest BCUT2D eigenvalue weighted by molar-refractivity contribution is -0.127. The van der Waals surface area contributed by atoms with Crippen molar-refractivity contribution < 1.29 is 9.59 Å². The SMILES string of the molecule is CN(C)CCc1cc(-c2nc(NCCC(CN(C)C)(c3ccsc3Cl)N3C(=O)NC(=O)C3(C)C)ncc2Br)sc1Cl. The number of carbonyl (C=O) groups is 2. The molecule has 0 saturated carbocycles. The predicted octanol–water partition coefficient (Wildman–Crippen LogP) is 6.03. The first-order valence-electron chi connectivity index (χ1n) is 13.0. The number of nitrogens with zero attached hydrogens (tertiary/aromatic N) is 5. The van der Waals surface area contributed by atoms with Crippen molar-refractivity contribution in [2.75, 3.05) is 53.1 Å². The van der Waals surface area contributed by atoms with Crippen LogP contribution in [-0.4, -0.2) is 90.0 Å². The molecule has 222 valence electrons. The van der Waals surface area contributed by atoms with Gasteiger partial charge in [0.15, 0.2) is 0 Å². The Hall–Kier alpha value is -1.80. The Morgan fingerprint density at radius 1 is 1.17 bits per heavy atom. The molecule has 4 heterocycles. The second-order valence-electron chi connectivity index (χ2n) is 11.1. The van der Waals surface area contributed by atoms with Crippen LogP contribution in [0.15, 0.2) is 28.2 Å². The first kappa shape index (κ1) is 32.1. The summed E-state index contributed by atoms with van der Waals surface area (Å²) in [5.41, 5.74) is 0.642. The first-order chi connectivity index (χ1) is 19.3. The molecule has 1 aliphatic heterocycles. The van der Waals surface area contributed by atoms with Crippen molar-refractivity contribution >= 4 is 79.7 Å². The van der Waals surface area contributed by atoms with Gasteiger partial charge in [-0.2, -0.15) is 0 Å². The number of hydrogen-bond donors (Lipinski definition) is 2. The van der Waals surface area contributed by atoms with Gasteiger partial charge in [-0.3, -0.25) is 15.0 Å². The number of halogens is 3. The Bertz CT molecular complexity index is 1430. The Balaban J connectivity index is 1.64. The van der Waals surface area contributed by atoms with Crippen LogP contribution in [0, 0.1) is 0 Å². The average Bonchev–Trinajstić information content (AvgIpc) is 3.53. The molecule has 0 aromatic carbocycles. The number of urea groups is 1. The molecule has 3 amide bonds. The molecule has 0 radical (unpaired) electrons.